The molecule has 4 N–H and O–H groups in total. The third kappa shape index (κ3) is 7.22. The average Bonchev–Trinajstić information content (AvgIpc) is 3.34. The molecular weight excluding hydrogens is 600 g/mol. The van der Waals surface area contributed by atoms with E-state index in [0.717, 1.165) is 18.0 Å². The van der Waals surface area contributed by atoms with Gasteiger partial charge in [0.2, 0.25) is 5.95 Å². The molecule has 0 atom stereocenters. The number of hydrogen-bond donors (Lipinski definition) is 3. The van der Waals surface area contributed by atoms with Gasteiger partial charge in [0.25, 0.3) is 0 Å². The van der Waals surface area contributed by atoms with Gasteiger partial charge in [-0.1, -0.05) is 91.7 Å². The van der Waals surface area contributed by atoms with E-state index >= 15 is 0 Å². The molecule has 1 aromatic heterocycles. The molecule has 0 aliphatic heterocycles. The quantitative estimate of drug-likeness (QED) is 0.168. The summed E-state index contributed by atoms with van der Waals surface area (Å²) in [4.78, 5) is 17.5. The Morgan fingerprint density at radius 2 is 1.70 bits per heavy atom. The molecule has 0 saturated heterocycles. The monoisotopic (exact) mass is 628 g/mol. The molecule has 1 heterocycles. The Labute approximate surface area is 257 Å². The van der Waals surface area contributed by atoms with Gasteiger partial charge in [0.1, 0.15) is 5.56 Å². The molecule has 0 amide bonds. The summed E-state index contributed by atoms with van der Waals surface area (Å²) in [6.45, 7) is 0. The van der Waals surface area contributed by atoms with Crippen LogP contribution < -0.4 is 11.1 Å². The summed E-state index contributed by atoms with van der Waals surface area (Å²) in [5.74, 6) is -1.36. The van der Waals surface area contributed by atoms with Gasteiger partial charge in [-0.3, -0.25) is 0 Å². The average molecular weight is 630 g/mol. The maximum Gasteiger partial charge on any atom is 0.434 e. The summed E-state index contributed by atoms with van der Waals surface area (Å²) in [6, 6.07) is 17.5. The zero-order valence-corrected chi connectivity index (χ0v) is 24.5. The third-order valence-electron chi connectivity index (χ3n) is 7.76. The van der Waals surface area contributed by atoms with E-state index in [0.29, 0.717) is 6.20 Å². The fourth-order valence-electron chi connectivity index (χ4n) is 5.73. The molecule has 4 aromatic rings. The summed E-state index contributed by atoms with van der Waals surface area (Å²) in [5, 5.41) is 11.7. The minimum Gasteiger partial charge on any atom is -0.478 e. The molecule has 6 nitrogen and oxygen atoms in total. The van der Waals surface area contributed by atoms with E-state index in [2.05, 4.69) is 51.7 Å². The Balaban J connectivity index is 0.000000171. The molecule has 3 aromatic carbocycles. The molecule has 6 rings (SSSR count). The number of nitrogens with zero attached hydrogens (tertiary/aromatic N) is 2. The number of carboxylic acid groups (broad SMARTS) is 1. The predicted molar refractivity (Wildman–Crippen MR) is 163 cm³/mol. The molecule has 1 fully saturated rings. The van der Waals surface area contributed by atoms with Crippen LogP contribution in [0.2, 0.25) is 10.0 Å². The number of carbonyl (C=O) groups is 1. The van der Waals surface area contributed by atoms with E-state index in [1.54, 1.807) is 0 Å². The number of anilines is 3. The predicted octanol–water partition coefficient (Wildman–Crippen LogP) is 9.21. The van der Waals surface area contributed by atoms with Gasteiger partial charge in [0.05, 0.1) is 0 Å². The highest BCUT2D eigenvalue weighted by Gasteiger charge is 2.38. The van der Waals surface area contributed by atoms with Crippen LogP contribution in [0.1, 0.15) is 64.8 Å². The van der Waals surface area contributed by atoms with E-state index in [1.165, 1.54) is 84.5 Å². The molecule has 0 spiro atoms. The van der Waals surface area contributed by atoms with Crippen molar-refractivity contribution >= 4 is 46.5 Å². The van der Waals surface area contributed by atoms with E-state index in [-0.39, 0.29) is 15.7 Å². The summed E-state index contributed by atoms with van der Waals surface area (Å²) in [6.07, 6.45) is 4.83. The number of alkyl halides is 3. The van der Waals surface area contributed by atoms with Crippen LogP contribution in [0.3, 0.4) is 0 Å². The molecule has 43 heavy (non-hydrogen) atoms. The van der Waals surface area contributed by atoms with Crippen molar-refractivity contribution in [3.05, 3.63) is 98.8 Å². The standard InChI is InChI=1S/C20H23N.C12H6Cl2F3N3O2/c21-20-16(12-14-6-2-1-3-7-14)10-11-18-17-9-5-4-8-15(17)13-19(18)20;13-5-1-6(14)3-7(2-5)19-11-18-4-8(10(21)22)9(20-11)12(15,16)17/h4-5,8-11,14H,1-3,6-7,12-13,21H2;1-4H,(H,21,22)(H,18,19,20). The lowest BCUT2D eigenvalue weighted by Crippen LogP contribution is -2.17. The Hall–Kier alpha value is -3.82. The van der Waals surface area contributed by atoms with Gasteiger partial charge in [-0.2, -0.15) is 13.2 Å². The van der Waals surface area contributed by atoms with Crippen LogP contribution in [0.15, 0.2) is 60.8 Å². The zero-order chi connectivity index (χ0) is 30.7. The second-order valence-electron chi connectivity index (χ2n) is 10.7. The number of rotatable bonds is 5. The van der Waals surface area contributed by atoms with Gasteiger partial charge in [-0.25, -0.2) is 14.8 Å². The maximum absolute atomic E-state index is 12.8. The van der Waals surface area contributed by atoms with Gasteiger partial charge in [-0.05, 0) is 58.4 Å². The molecular formula is C32H29Cl2F3N4O2. The van der Waals surface area contributed by atoms with E-state index in [4.69, 9.17) is 34.0 Å². The van der Waals surface area contributed by atoms with Crippen LogP contribution >= 0.6 is 23.2 Å². The minimum absolute atomic E-state index is 0.258. The van der Waals surface area contributed by atoms with Crippen molar-refractivity contribution in [1.29, 1.82) is 0 Å². The summed E-state index contributed by atoms with van der Waals surface area (Å²) < 4.78 is 38.5. The highest BCUT2D eigenvalue weighted by atomic mass is 35.5. The number of carboxylic acids is 1. The number of nitrogens with two attached hydrogens (primary N) is 1. The first-order valence-electron chi connectivity index (χ1n) is 13.9. The molecule has 0 unspecified atom stereocenters. The second-order valence-corrected chi connectivity index (χ2v) is 11.6. The molecule has 0 bridgehead atoms. The lowest BCUT2D eigenvalue weighted by atomic mass is 9.84. The maximum atomic E-state index is 12.8. The van der Waals surface area contributed by atoms with E-state index in [1.807, 2.05) is 0 Å². The SMILES string of the molecule is Nc1c(CC2CCCCC2)ccc2c1Cc1ccccc1-2.O=C(O)c1cnc(Nc2cc(Cl)cc(Cl)c2)nc1C(F)(F)F. The van der Waals surface area contributed by atoms with E-state index < -0.39 is 29.4 Å². The van der Waals surface area contributed by atoms with Crippen LogP contribution in [0, 0.1) is 5.92 Å². The Kier molecular flexibility index (Phi) is 9.13. The molecule has 2 aliphatic rings. The molecule has 0 radical (unpaired) electrons. The number of nitrogen functional groups attached to an aromatic ring is 1. The number of hydrogen-bond acceptors (Lipinski definition) is 5. The first-order chi connectivity index (χ1) is 20.5. The summed E-state index contributed by atoms with van der Waals surface area (Å²) in [7, 11) is 0. The van der Waals surface area contributed by atoms with Gasteiger partial charge < -0.3 is 16.2 Å². The highest BCUT2D eigenvalue weighted by Crippen LogP contribution is 2.41. The second kappa shape index (κ2) is 12.8. The van der Waals surface area contributed by atoms with Crippen LogP contribution in [0.5, 0.6) is 0 Å². The van der Waals surface area contributed by atoms with Crippen molar-refractivity contribution in [2.24, 2.45) is 5.92 Å². The van der Waals surface area contributed by atoms with Gasteiger partial charge in [-0.15, -0.1) is 0 Å². The summed E-state index contributed by atoms with van der Waals surface area (Å²) >= 11 is 11.5. The zero-order valence-electron chi connectivity index (χ0n) is 23.0. The lowest BCUT2D eigenvalue weighted by molar-refractivity contribution is -0.141. The van der Waals surface area contributed by atoms with Crippen molar-refractivity contribution in [2.45, 2.75) is 51.1 Å². The van der Waals surface area contributed by atoms with Crippen molar-refractivity contribution in [3.8, 4) is 11.1 Å². The van der Waals surface area contributed by atoms with Crippen LogP contribution in [0.25, 0.3) is 11.1 Å². The van der Waals surface area contributed by atoms with Crippen molar-refractivity contribution in [2.75, 3.05) is 11.1 Å². The van der Waals surface area contributed by atoms with Gasteiger partial charge in [0.15, 0.2) is 5.69 Å². The smallest absolute Gasteiger partial charge is 0.434 e. The first kappa shape index (κ1) is 30.6. The first-order valence-corrected chi connectivity index (χ1v) is 14.6. The fourth-order valence-corrected chi connectivity index (χ4v) is 6.26. The number of aromatic nitrogens is 2. The molecule has 11 heteroatoms. The molecule has 2 aliphatic carbocycles. The number of aromatic carboxylic acids is 1. The largest absolute Gasteiger partial charge is 0.478 e. The Morgan fingerprint density at radius 3 is 2.37 bits per heavy atom. The molecule has 224 valence electrons. The van der Waals surface area contributed by atoms with Crippen LogP contribution in [0.4, 0.5) is 30.5 Å². The third-order valence-corrected chi connectivity index (χ3v) is 8.20. The normalized spacial score (nSPS) is 14.3. The van der Waals surface area contributed by atoms with E-state index in [9.17, 15) is 18.0 Å². The van der Waals surface area contributed by atoms with Gasteiger partial charge >= 0.3 is 12.1 Å². The Morgan fingerprint density at radius 1 is 1.00 bits per heavy atom. The summed E-state index contributed by atoms with van der Waals surface area (Å²) in [5.41, 5.74) is 12.2. The Bertz CT molecular complexity index is 1640. The number of fused-ring (bicyclic) bond motifs is 3. The minimum atomic E-state index is -4.93. The van der Waals surface area contributed by atoms with Crippen molar-refractivity contribution in [3.63, 3.8) is 0 Å². The molecule has 1 saturated carbocycles. The van der Waals surface area contributed by atoms with Crippen LogP contribution in [-0.2, 0) is 19.0 Å². The van der Waals surface area contributed by atoms with Crippen molar-refractivity contribution < 1.29 is 23.1 Å². The number of halogens is 5. The van der Waals surface area contributed by atoms with Gasteiger partial charge in [0, 0.05) is 34.0 Å². The topological polar surface area (TPSA) is 101 Å². The number of nitrogens with one attached hydrogen (secondary N) is 1. The van der Waals surface area contributed by atoms with Crippen LogP contribution in [-0.4, -0.2) is 21.0 Å². The fraction of sp³-hybridized carbons (Fsp3) is 0.281. The highest BCUT2D eigenvalue weighted by molar-refractivity contribution is 6.35. The lowest BCUT2D eigenvalue weighted by Gasteiger charge is -2.22. The van der Waals surface area contributed by atoms with Crippen molar-refractivity contribution in [1.82, 2.24) is 9.97 Å². The number of benzene rings is 3.